The number of amides is 14. The van der Waals surface area contributed by atoms with Crippen LogP contribution in [0.5, 0.6) is 5.75 Å². The number of nitrogens with two attached hydrogens (primary N) is 4. The molecule has 2 aliphatic heterocycles. The van der Waals surface area contributed by atoms with E-state index in [0.29, 0.717) is 59.7 Å². The number of unbranched alkanes of at least 4 members (excludes halogenated alkanes) is 1. The van der Waals surface area contributed by atoms with E-state index in [2.05, 4.69) is 73.4 Å². The van der Waals surface area contributed by atoms with E-state index in [4.69, 9.17) is 28.3 Å². The van der Waals surface area contributed by atoms with Crippen LogP contribution in [0.1, 0.15) is 153 Å². The number of benzene rings is 3. The molecular formula is C81H113I2N21O17. The lowest BCUT2D eigenvalue weighted by atomic mass is 9.99. The van der Waals surface area contributed by atoms with Crippen LogP contribution in [0, 0.1) is 24.4 Å². The highest BCUT2D eigenvalue weighted by Gasteiger charge is 2.43. The molecule has 0 radical (unpaired) electrons. The van der Waals surface area contributed by atoms with E-state index in [9.17, 15) is 77.3 Å². The number of hydrogen-bond donors (Lipinski definition) is 20. The van der Waals surface area contributed by atoms with Crippen molar-refractivity contribution in [1.29, 1.82) is 5.41 Å². The molecular weight excluding hydrogens is 1790 g/mol. The molecule has 2 fully saturated rings. The second-order valence-electron chi connectivity index (χ2n) is 31.2. The Bertz CT molecular complexity index is 4450. The molecule has 0 bridgehead atoms. The number of carboxylic acids is 1. The zero-order chi connectivity index (χ0) is 88.7. The van der Waals surface area contributed by atoms with Gasteiger partial charge in [-0.1, -0.05) is 96.0 Å². The first-order valence-corrected chi connectivity index (χ1v) is 42.6. The summed E-state index contributed by atoms with van der Waals surface area (Å²) < 4.78 is 1.07. The van der Waals surface area contributed by atoms with Crippen LogP contribution < -0.4 is 81.4 Å². The maximum Gasteiger partial charge on any atom is 0.326 e. The Morgan fingerprint density at radius 2 is 1.03 bits per heavy atom. The van der Waals surface area contributed by atoms with Crippen LogP contribution in [-0.2, 0) is 97.6 Å². The number of aromatic hydroxyl groups is 1. The number of carbonyl (C=O) groups excluding carboxylic acids is 14. The number of H-pyrrole nitrogens is 2. The standard InChI is InChI=1S/C81H113I2N21O17/c1-6-7-19-54(70(110)102-62(80(120)121)36-45-16-9-8-10-17-45)96-77(117)64-23-15-30-104(64)79(119)57(25-27-66(86)106)94-67(107)41-92-76(116)63-22-14-29-103(63)78(118)56(21-13-28-90-81(87)88)97-73(113)59(32-44(4)5)99-71(111)55(24-26-65(85)105)95-72(112)58(31-43(2)3)100-74(114)60(37-47-39-91-53-20-12-11-18-49(47)53)101-75(115)61(38-48-40-89-42-93-48)98-69(109)52(84)35-46-33-50(82)68(108)51(83)34-46/h8-12,16-18,20,33-34,39-40,42-44,52,54-64,91,108H,6-7,13-15,19,21-32,35-38,41,84H2,1-5H3,(H2,85,105)(H2,86,106)(H,89,93)(H,92,116)(H,94,107)(H,95,112)(H,96,117)(H,97,113)(H,98,109)(H,99,111)(H,100,114)(H,101,115)(H,102,110)(H,120,121)(H4,87,88,90)/t52-,54-,55-,56-,57-,58-,59-,60-,61-,62-,63-,64-/m0/s1. The van der Waals surface area contributed by atoms with Gasteiger partial charge in [-0.3, -0.25) is 72.5 Å². The lowest BCUT2D eigenvalue weighted by Gasteiger charge is -2.31. The number of carboxylic acid groups (broad SMARTS) is 1. The van der Waals surface area contributed by atoms with E-state index in [1.807, 2.05) is 64.2 Å². The maximum atomic E-state index is 15.1. The van der Waals surface area contributed by atoms with Gasteiger partial charge in [-0.2, -0.15) is 0 Å². The van der Waals surface area contributed by atoms with Crippen LogP contribution in [-0.4, -0.2) is 228 Å². The maximum absolute atomic E-state index is 15.1. The number of imidazole rings is 1. The molecule has 38 nitrogen and oxygen atoms in total. The van der Waals surface area contributed by atoms with Gasteiger partial charge in [0.1, 0.15) is 72.2 Å². The smallest absolute Gasteiger partial charge is 0.326 e. The third kappa shape index (κ3) is 30.6. The molecule has 2 saturated heterocycles. The minimum Gasteiger partial charge on any atom is -0.506 e. The molecule has 0 aliphatic carbocycles. The van der Waals surface area contributed by atoms with Crippen LogP contribution in [0.2, 0.25) is 0 Å². The number of aromatic amines is 2. The Hall–Kier alpha value is -11.1. The third-order valence-electron chi connectivity index (χ3n) is 20.6. The summed E-state index contributed by atoms with van der Waals surface area (Å²) in [4.78, 5) is 223. The van der Waals surface area contributed by atoms with Gasteiger partial charge in [-0.25, -0.2) is 9.78 Å². The molecule has 2 aromatic heterocycles. The summed E-state index contributed by atoms with van der Waals surface area (Å²) in [5.74, 6) is -13.8. The van der Waals surface area contributed by atoms with Gasteiger partial charge in [0, 0.05) is 75.0 Å². The van der Waals surface area contributed by atoms with E-state index >= 15 is 4.79 Å². The number of carbonyl (C=O) groups is 15. The van der Waals surface area contributed by atoms with Gasteiger partial charge in [-0.15, -0.1) is 0 Å². The number of para-hydroxylation sites is 1. The second-order valence-corrected chi connectivity index (χ2v) is 33.5. The van der Waals surface area contributed by atoms with Crippen molar-refractivity contribution in [3.05, 3.63) is 115 Å². The Morgan fingerprint density at radius 1 is 0.545 bits per heavy atom. The summed E-state index contributed by atoms with van der Waals surface area (Å²) in [6.07, 6.45) is 4.58. The number of phenolic OH excluding ortho intramolecular Hbond substituents is 1. The van der Waals surface area contributed by atoms with Crippen molar-refractivity contribution in [3.8, 4) is 5.75 Å². The molecule has 0 spiro atoms. The number of phenols is 1. The second kappa shape index (κ2) is 47.8. The fraction of sp³-hybridized carbons (Fsp3) is 0.519. The molecule has 0 unspecified atom stereocenters. The number of aromatic nitrogens is 3. The fourth-order valence-corrected chi connectivity index (χ4v) is 16.3. The Morgan fingerprint density at radius 3 is 1.59 bits per heavy atom. The molecule has 3 aromatic carbocycles. The van der Waals surface area contributed by atoms with Crippen LogP contribution in [0.4, 0.5) is 0 Å². The summed E-state index contributed by atoms with van der Waals surface area (Å²) >= 11 is 3.92. The van der Waals surface area contributed by atoms with Gasteiger partial charge < -0.3 is 111 Å². The van der Waals surface area contributed by atoms with E-state index in [-0.39, 0.29) is 121 Å². The molecule has 658 valence electrons. The average Bonchev–Trinajstić information content (AvgIpc) is 1.74. The van der Waals surface area contributed by atoms with Crippen LogP contribution in [0.3, 0.4) is 0 Å². The van der Waals surface area contributed by atoms with Crippen LogP contribution >= 0.6 is 45.2 Å². The Kier molecular flexibility index (Phi) is 38.4. The van der Waals surface area contributed by atoms with Gasteiger partial charge in [0.2, 0.25) is 82.7 Å². The van der Waals surface area contributed by atoms with Crippen LogP contribution in [0.15, 0.2) is 85.5 Å². The van der Waals surface area contributed by atoms with E-state index in [1.54, 1.807) is 88.5 Å². The van der Waals surface area contributed by atoms with Crippen molar-refractivity contribution in [3.63, 3.8) is 0 Å². The van der Waals surface area contributed by atoms with E-state index in [0.717, 1.165) is 0 Å². The number of aliphatic carboxylic acids is 1. The van der Waals surface area contributed by atoms with Crippen molar-refractivity contribution in [2.24, 2.45) is 34.8 Å². The summed E-state index contributed by atoms with van der Waals surface area (Å²) in [5, 5.41) is 58.2. The SMILES string of the molecule is CCCC[C@H](NC(=O)[C@@H]1CCCN1C(=O)[C@H](CCC(N)=O)NC(=O)CNC(=O)[C@@H]1CCCN1C(=O)[C@H](CCCNC(=N)N)NC(=O)[C@H](CC(C)C)NC(=O)[C@H](CCC(N)=O)NC(=O)[C@H](CC(C)C)NC(=O)[C@H](Cc1c[nH]c2ccccc12)NC(=O)[C@H](Cc1c[nH]cn1)NC(=O)[C@@H](N)Cc1cc(I)c(O)c(I)c1)C(=O)N[C@@H](Cc1ccccc1)C(=O)O. The number of fused-ring (bicyclic) bond motifs is 1. The lowest BCUT2D eigenvalue weighted by molar-refractivity contribution is -0.144. The normalized spacial score (nSPS) is 16.3. The number of nitrogens with zero attached hydrogens (tertiary/aromatic N) is 3. The molecule has 7 rings (SSSR count). The predicted molar refractivity (Wildman–Crippen MR) is 462 cm³/mol. The molecule has 121 heavy (non-hydrogen) atoms. The van der Waals surface area contributed by atoms with E-state index < -0.39 is 193 Å². The highest BCUT2D eigenvalue weighted by atomic mass is 127. The summed E-state index contributed by atoms with van der Waals surface area (Å²) in [6, 6.07) is 2.91. The van der Waals surface area contributed by atoms with Crippen LogP contribution in [0.25, 0.3) is 10.9 Å². The molecule has 14 amide bonds. The highest BCUT2D eigenvalue weighted by molar-refractivity contribution is 14.1. The molecule has 5 aromatic rings. The molecule has 12 atom stereocenters. The van der Waals surface area contributed by atoms with Gasteiger partial charge in [0.15, 0.2) is 5.96 Å². The molecule has 24 N–H and O–H groups in total. The molecule has 4 heterocycles. The van der Waals surface area contributed by atoms with Crippen molar-refractivity contribution < 1.29 is 82.1 Å². The Labute approximate surface area is 727 Å². The number of likely N-dealkylation sites (tertiary alicyclic amines) is 2. The quantitative estimate of drug-likeness (QED) is 0.0106. The van der Waals surface area contributed by atoms with Gasteiger partial charge >= 0.3 is 5.97 Å². The third-order valence-corrected chi connectivity index (χ3v) is 22.2. The number of rotatable bonds is 48. The zero-order valence-electron chi connectivity index (χ0n) is 68.4. The van der Waals surface area contributed by atoms with E-state index in [1.165, 1.54) is 22.3 Å². The zero-order valence-corrected chi connectivity index (χ0v) is 72.7. The Balaban J connectivity index is 1.04. The molecule has 0 saturated carbocycles. The fourth-order valence-electron chi connectivity index (χ4n) is 14.4. The number of nitrogens with one attached hydrogen (secondary N) is 14. The first kappa shape index (κ1) is 97.1. The van der Waals surface area contributed by atoms with Crippen molar-refractivity contribution in [2.75, 3.05) is 26.2 Å². The van der Waals surface area contributed by atoms with Crippen molar-refractivity contribution in [1.82, 2.24) is 83.2 Å². The largest absolute Gasteiger partial charge is 0.506 e. The molecule has 40 heteroatoms. The summed E-state index contributed by atoms with van der Waals surface area (Å²) in [6.45, 7) is 8.21. The highest BCUT2D eigenvalue weighted by Crippen LogP contribution is 2.29. The number of halogens is 2. The number of hydrogen-bond acceptors (Lipinski definition) is 19. The van der Waals surface area contributed by atoms with Gasteiger partial charge in [0.25, 0.3) is 0 Å². The number of guanidine groups is 1. The predicted octanol–water partition coefficient (Wildman–Crippen LogP) is 0.0264. The first-order valence-electron chi connectivity index (χ1n) is 40.5. The van der Waals surface area contributed by atoms with Gasteiger partial charge in [0.05, 0.1) is 31.7 Å². The van der Waals surface area contributed by atoms with Crippen molar-refractivity contribution >= 4 is 151 Å². The molecule has 2 aliphatic rings. The summed E-state index contributed by atoms with van der Waals surface area (Å²) in [7, 11) is 0. The average molecular weight is 1910 g/mol. The van der Waals surface area contributed by atoms with Crippen molar-refractivity contribution in [2.45, 2.75) is 229 Å². The lowest BCUT2D eigenvalue weighted by Crippen LogP contribution is -2.61. The topological polar surface area (TPSA) is 608 Å². The minimum absolute atomic E-state index is 0.00616. The van der Waals surface area contributed by atoms with Gasteiger partial charge in [-0.05, 0) is 169 Å². The first-order chi connectivity index (χ1) is 57.5. The summed E-state index contributed by atoms with van der Waals surface area (Å²) in [5.41, 5.74) is 26.1. The minimum atomic E-state index is -1.61. The monoisotopic (exact) mass is 1910 g/mol. The number of primary amides is 2.